The minimum atomic E-state index is -0.874. The Balaban J connectivity index is 1.65. The smallest absolute Gasteiger partial charge is 0.311 e. The summed E-state index contributed by atoms with van der Waals surface area (Å²) in [6.07, 6.45) is 0.888. The number of halogens is 3. The Bertz CT molecular complexity index is 1050. The zero-order valence-electron chi connectivity index (χ0n) is 14.0. The number of nitrogens with zero attached hydrogens (tertiary/aromatic N) is 2. The first-order chi connectivity index (χ1) is 13.3. The highest BCUT2D eigenvalue weighted by Gasteiger charge is 2.19. The monoisotopic (exact) mass is 392 g/mol. The number of aromatic nitrogens is 1. The van der Waals surface area contributed by atoms with Gasteiger partial charge in [0.15, 0.2) is 11.7 Å². The van der Waals surface area contributed by atoms with Crippen LogP contribution in [0.1, 0.15) is 12.3 Å². The lowest BCUT2D eigenvalue weighted by molar-refractivity contribution is -0.385. The fourth-order valence-electron chi connectivity index (χ4n) is 2.34. The number of benzene rings is 2. The Morgan fingerprint density at radius 1 is 1.14 bits per heavy atom. The number of hydrogen-bond donors (Lipinski definition) is 0. The molecule has 0 amide bonds. The van der Waals surface area contributed by atoms with Crippen molar-refractivity contribution >= 4 is 11.7 Å². The van der Waals surface area contributed by atoms with Crippen molar-refractivity contribution in [2.45, 2.75) is 12.8 Å². The van der Waals surface area contributed by atoms with Gasteiger partial charge in [0.1, 0.15) is 17.5 Å². The maximum Gasteiger partial charge on any atom is 0.311 e. The van der Waals surface area contributed by atoms with Crippen LogP contribution in [-0.4, -0.2) is 15.9 Å². The molecule has 0 aliphatic rings. The Morgan fingerprint density at radius 3 is 2.57 bits per heavy atom. The number of oxazole rings is 1. The number of nitro groups is 1. The number of nitro benzene ring substituents is 1. The van der Waals surface area contributed by atoms with Gasteiger partial charge in [-0.15, -0.1) is 0 Å². The largest absolute Gasteiger partial charge is 0.441 e. The third-order valence-electron chi connectivity index (χ3n) is 3.64. The van der Waals surface area contributed by atoms with E-state index in [0.717, 1.165) is 24.3 Å². The SMILES string of the molecule is O=C(CCc1ncc(-c2ccc(F)cc2F)o1)Oc1cc(F)ccc1[N+](=O)[O-]. The number of carbonyl (C=O) groups is 1. The fourth-order valence-corrected chi connectivity index (χ4v) is 2.34. The van der Waals surface area contributed by atoms with Crippen LogP contribution in [0.15, 0.2) is 47.0 Å². The topological polar surface area (TPSA) is 95.5 Å². The van der Waals surface area contributed by atoms with Gasteiger partial charge < -0.3 is 9.15 Å². The lowest BCUT2D eigenvalue weighted by Crippen LogP contribution is -2.10. The lowest BCUT2D eigenvalue weighted by Gasteiger charge is -2.04. The third kappa shape index (κ3) is 4.34. The molecule has 0 radical (unpaired) electrons. The van der Waals surface area contributed by atoms with E-state index in [9.17, 15) is 28.1 Å². The summed E-state index contributed by atoms with van der Waals surface area (Å²) in [6.45, 7) is 0. The van der Waals surface area contributed by atoms with Crippen molar-refractivity contribution < 1.29 is 32.0 Å². The molecule has 0 spiro atoms. The van der Waals surface area contributed by atoms with Gasteiger partial charge >= 0.3 is 11.7 Å². The molecule has 0 atom stereocenters. The van der Waals surface area contributed by atoms with Gasteiger partial charge in [-0.2, -0.15) is 0 Å². The molecule has 0 aliphatic carbocycles. The van der Waals surface area contributed by atoms with Crippen molar-refractivity contribution in [3.8, 4) is 17.1 Å². The highest BCUT2D eigenvalue weighted by atomic mass is 19.1. The highest BCUT2D eigenvalue weighted by Crippen LogP contribution is 2.28. The van der Waals surface area contributed by atoms with E-state index in [1.807, 2.05) is 0 Å². The van der Waals surface area contributed by atoms with Crippen LogP contribution in [0.2, 0.25) is 0 Å². The van der Waals surface area contributed by atoms with Gasteiger partial charge in [-0.1, -0.05) is 0 Å². The number of hydrogen-bond acceptors (Lipinski definition) is 6. The highest BCUT2D eigenvalue weighted by molar-refractivity contribution is 5.74. The molecule has 3 aromatic rings. The normalized spacial score (nSPS) is 10.7. The molecule has 0 unspecified atom stereocenters. The first kappa shape index (κ1) is 19.1. The Hall–Kier alpha value is -3.69. The average molecular weight is 392 g/mol. The van der Waals surface area contributed by atoms with Gasteiger partial charge in [-0.3, -0.25) is 14.9 Å². The quantitative estimate of drug-likeness (QED) is 0.270. The summed E-state index contributed by atoms with van der Waals surface area (Å²) in [5.41, 5.74) is -0.557. The zero-order valence-corrected chi connectivity index (χ0v) is 14.0. The molecule has 10 heteroatoms. The van der Waals surface area contributed by atoms with Crippen LogP contribution in [0, 0.1) is 27.6 Å². The second-order valence-corrected chi connectivity index (χ2v) is 5.59. The Kier molecular flexibility index (Phi) is 5.39. The van der Waals surface area contributed by atoms with Crippen molar-refractivity contribution in [1.29, 1.82) is 0 Å². The molecule has 2 aromatic carbocycles. The molecular weight excluding hydrogens is 381 g/mol. The summed E-state index contributed by atoms with van der Waals surface area (Å²) >= 11 is 0. The molecule has 0 N–H and O–H groups in total. The maximum absolute atomic E-state index is 13.7. The maximum atomic E-state index is 13.7. The second-order valence-electron chi connectivity index (χ2n) is 5.59. The van der Waals surface area contributed by atoms with Crippen molar-refractivity contribution in [2.24, 2.45) is 0 Å². The molecule has 0 bridgehead atoms. The van der Waals surface area contributed by atoms with Crippen LogP contribution in [-0.2, 0) is 11.2 Å². The van der Waals surface area contributed by atoms with Crippen LogP contribution in [0.25, 0.3) is 11.3 Å². The Labute approximate surface area is 155 Å². The van der Waals surface area contributed by atoms with Crippen LogP contribution in [0.4, 0.5) is 18.9 Å². The summed E-state index contributed by atoms with van der Waals surface area (Å²) in [6, 6.07) is 5.43. The fraction of sp³-hybridized carbons (Fsp3) is 0.111. The van der Waals surface area contributed by atoms with Gasteiger partial charge in [0, 0.05) is 24.6 Å². The van der Waals surface area contributed by atoms with Crippen LogP contribution >= 0.6 is 0 Å². The number of carbonyl (C=O) groups excluding carboxylic acids is 1. The van der Waals surface area contributed by atoms with Crippen molar-refractivity contribution in [2.75, 3.05) is 0 Å². The molecule has 1 heterocycles. The number of ether oxygens (including phenoxy) is 1. The minimum absolute atomic E-state index is 0.00175. The number of rotatable bonds is 6. The van der Waals surface area contributed by atoms with Crippen molar-refractivity contribution in [3.05, 3.63) is 76.1 Å². The van der Waals surface area contributed by atoms with Gasteiger partial charge in [0.25, 0.3) is 0 Å². The summed E-state index contributed by atoms with van der Waals surface area (Å²) in [5.74, 6) is -3.65. The van der Waals surface area contributed by atoms with Gasteiger partial charge in [0.2, 0.25) is 5.75 Å². The molecule has 0 saturated heterocycles. The molecule has 7 nitrogen and oxygen atoms in total. The minimum Gasteiger partial charge on any atom is -0.441 e. The number of aryl methyl sites for hydroxylation is 1. The molecule has 0 aliphatic heterocycles. The molecule has 0 fully saturated rings. The summed E-state index contributed by atoms with van der Waals surface area (Å²) in [4.78, 5) is 25.9. The number of esters is 1. The molecular formula is C18H11F3N2O5. The van der Waals surface area contributed by atoms with E-state index in [2.05, 4.69) is 4.98 Å². The standard InChI is InChI=1S/C18H11F3N2O5/c19-10-1-3-12(13(21)7-10)16-9-22-17(27-16)5-6-18(24)28-15-8-11(20)2-4-14(15)23(25)26/h1-4,7-9H,5-6H2. The predicted octanol–water partition coefficient (Wildman–Crippen LogP) is 4.21. The van der Waals surface area contributed by atoms with Crippen molar-refractivity contribution in [1.82, 2.24) is 4.98 Å². The zero-order chi connectivity index (χ0) is 20.3. The van der Waals surface area contributed by atoms with Gasteiger partial charge in [0.05, 0.1) is 23.1 Å². The Morgan fingerprint density at radius 2 is 1.86 bits per heavy atom. The summed E-state index contributed by atoms with van der Waals surface area (Å²) in [5, 5.41) is 10.9. The lowest BCUT2D eigenvalue weighted by atomic mass is 10.2. The second kappa shape index (κ2) is 7.91. The van der Waals surface area contributed by atoms with E-state index >= 15 is 0 Å². The van der Waals surface area contributed by atoms with Crippen LogP contribution < -0.4 is 4.74 Å². The van der Waals surface area contributed by atoms with E-state index < -0.39 is 39.8 Å². The van der Waals surface area contributed by atoms with E-state index in [0.29, 0.717) is 6.07 Å². The molecule has 1 aromatic heterocycles. The molecule has 144 valence electrons. The summed E-state index contributed by atoms with van der Waals surface area (Å²) in [7, 11) is 0. The first-order valence-corrected chi connectivity index (χ1v) is 7.88. The third-order valence-corrected chi connectivity index (χ3v) is 3.64. The van der Waals surface area contributed by atoms with Crippen LogP contribution in [0.5, 0.6) is 5.75 Å². The summed E-state index contributed by atoms with van der Waals surface area (Å²) < 4.78 is 50.1. The molecule has 0 saturated carbocycles. The van der Waals surface area contributed by atoms with E-state index in [4.69, 9.17) is 9.15 Å². The predicted molar refractivity (Wildman–Crippen MR) is 88.9 cm³/mol. The van der Waals surface area contributed by atoms with E-state index in [-0.39, 0.29) is 30.1 Å². The molecule has 28 heavy (non-hydrogen) atoms. The molecule has 3 rings (SSSR count). The first-order valence-electron chi connectivity index (χ1n) is 7.88. The van der Waals surface area contributed by atoms with E-state index in [1.54, 1.807) is 0 Å². The van der Waals surface area contributed by atoms with Gasteiger partial charge in [-0.05, 0) is 18.2 Å². The average Bonchev–Trinajstić information content (AvgIpc) is 3.08. The van der Waals surface area contributed by atoms with Crippen LogP contribution in [0.3, 0.4) is 0 Å². The van der Waals surface area contributed by atoms with Gasteiger partial charge in [-0.25, -0.2) is 18.2 Å². The van der Waals surface area contributed by atoms with E-state index in [1.165, 1.54) is 12.3 Å². The van der Waals surface area contributed by atoms with Crippen molar-refractivity contribution in [3.63, 3.8) is 0 Å².